The highest BCUT2D eigenvalue weighted by molar-refractivity contribution is 5.03. The van der Waals surface area contributed by atoms with Gasteiger partial charge in [-0.15, -0.1) is 0 Å². The van der Waals surface area contributed by atoms with E-state index in [1.165, 1.54) is 12.1 Å². The highest BCUT2D eigenvalue weighted by atomic mass is 15.3. The van der Waals surface area contributed by atoms with Crippen LogP contribution in [0.3, 0.4) is 0 Å². The van der Waals surface area contributed by atoms with E-state index in [1.807, 2.05) is 6.20 Å². The van der Waals surface area contributed by atoms with Crippen LogP contribution in [-0.2, 0) is 6.42 Å². The second-order valence-corrected chi connectivity index (χ2v) is 3.33. The third kappa shape index (κ3) is 1.25. The van der Waals surface area contributed by atoms with Crippen LogP contribution in [0.4, 0.5) is 0 Å². The number of aromatic nitrogens is 2. The van der Waals surface area contributed by atoms with Crippen LogP contribution in [0.2, 0.25) is 0 Å². The van der Waals surface area contributed by atoms with Gasteiger partial charge in [0.25, 0.3) is 0 Å². The maximum Gasteiger partial charge on any atom is 0.0770 e. The zero-order chi connectivity index (χ0) is 8.39. The number of nitrogens with one attached hydrogen (secondary N) is 1. The van der Waals surface area contributed by atoms with E-state index in [4.69, 9.17) is 0 Å². The predicted octanol–water partition coefficient (Wildman–Crippen LogP) is 0.980. The number of hydrogen-bond acceptors (Lipinski definition) is 2. The first-order chi connectivity index (χ1) is 5.92. The topological polar surface area (TPSA) is 29.9 Å². The van der Waals surface area contributed by atoms with Crippen molar-refractivity contribution in [1.82, 2.24) is 15.1 Å². The van der Waals surface area contributed by atoms with Crippen molar-refractivity contribution in [2.24, 2.45) is 0 Å². The van der Waals surface area contributed by atoms with Gasteiger partial charge >= 0.3 is 0 Å². The maximum absolute atomic E-state index is 4.33. The molecule has 0 atom stereocenters. The monoisotopic (exact) mass is 165 g/mol. The van der Waals surface area contributed by atoms with Crippen LogP contribution in [0, 0.1) is 0 Å². The minimum absolute atomic E-state index is 0.613. The van der Waals surface area contributed by atoms with Crippen molar-refractivity contribution in [2.75, 3.05) is 13.1 Å². The van der Waals surface area contributed by atoms with Gasteiger partial charge in [-0.3, -0.25) is 4.68 Å². The molecule has 0 aliphatic carbocycles. The van der Waals surface area contributed by atoms with Crippen LogP contribution in [0.1, 0.15) is 25.1 Å². The molecular formula is C9H15N3. The summed E-state index contributed by atoms with van der Waals surface area (Å²) in [5.74, 6) is 0. The lowest BCUT2D eigenvalue weighted by Crippen LogP contribution is -2.44. The molecule has 1 aliphatic heterocycles. The Morgan fingerprint density at radius 1 is 1.67 bits per heavy atom. The van der Waals surface area contributed by atoms with Crippen molar-refractivity contribution in [2.45, 2.75) is 25.8 Å². The predicted molar refractivity (Wildman–Crippen MR) is 48.1 cm³/mol. The van der Waals surface area contributed by atoms with Crippen molar-refractivity contribution in [3.8, 4) is 0 Å². The summed E-state index contributed by atoms with van der Waals surface area (Å²) >= 11 is 0. The zero-order valence-corrected chi connectivity index (χ0v) is 7.45. The van der Waals surface area contributed by atoms with Gasteiger partial charge in [0, 0.05) is 25.0 Å². The lowest BCUT2D eigenvalue weighted by Gasteiger charge is -2.28. The van der Waals surface area contributed by atoms with E-state index < -0.39 is 0 Å². The smallest absolute Gasteiger partial charge is 0.0770 e. The van der Waals surface area contributed by atoms with Crippen LogP contribution in [0.15, 0.2) is 12.3 Å². The van der Waals surface area contributed by atoms with Gasteiger partial charge in [0.1, 0.15) is 0 Å². The number of rotatable bonds is 3. The summed E-state index contributed by atoms with van der Waals surface area (Å²) in [6.45, 7) is 4.37. The summed E-state index contributed by atoms with van der Waals surface area (Å²) in [4.78, 5) is 0. The number of aryl methyl sites for hydroxylation is 1. The van der Waals surface area contributed by atoms with Crippen molar-refractivity contribution in [3.63, 3.8) is 0 Å². The van der Waals surface area contributed by atoms with Crippen molar-refractivity contribution in [3.05, 3.63) is 18.0 Å². The molecule has 0 saturated carbocycles. The van der Waals surface area contributed by atoms with Crippen LogP contribution in [0.25, 0.3) is 0 Å². The molecule has 0 radical (unpaired) electrons. The van der Waals surface area contributed by atoms with Crippen LogP contribution in [0.5, 0.6) is 0 Å². The number of hydrogen-bond donors (Lipinski definition) is 1. The summed E-state index contributed by atoms with van der Waals surface area (Å²) in [5, 5.41) is 7.59. The largest absolute Gasteiger partial charge is 0.312 e. The molecule has 0 aromatic carbocycles. The highest BCUT2D eigenvalue weighted by Gasteiger charge is 2.20. The standard InChI is InChI=1S/C9H15N3/c1-2-3-8-4-5-11-12(8)9-6-10-7-9/h4-5,9-10H,2-3,6-7H2,1H3. The average molecular weight is 165 g/mol. The Morgan fingerprint density at radius 2 is 2.50 bits per heavy atom. The van der Waals surface area contributed by atoms with E-state index in [0.29, 0.717) is 6.04 Å². The fourth-order valence-electron chi connectivity index (χ4n) is 1.57. The molecule has 2 rings (SSSR count). The Labute approximate surface area is 72.8 Å². The van der Waals surface area contributed by atoms with Crippen LogP contribution < -0.4 is 5.32 Å². The Kier molecular flexibility index (Phi) is 2.13. The molecule has 1 N–H and O–H groups in total. The van der Waals surface area contributed by atoms with E-state index in [0.717, 1.165) is 19.5 Å². The molecule has 3 heteroatoms. The Balaban J connectivity index is 2.12. The molecule has 1 fully saturated rings. The normalized spacial score (nSPS) is 17.8. The van der Waals surface area contributed by atoms with Gasteiger partial charge in [0.15, 0.2) is 0 Å². The molecule has 0 amide bonds. The number of nitrogens with zero attached hydrogens (tertiary/aromatic N) is 2. The van der Waals surface area contributed by atoms with Gasteiger partial charge in [-0.25, -0.2) is 0 Å². The first-order valence-corrected chi connectivity index (χ1v) is 4.65. The molecule has 0 unspecified atom stereocenters. The average Bonchev–Trinajstić information content (AvgIpc) is 2.35. The van der Waals surface area contributed by atoms with Crippen molar-refractivity contribution < 1.29 is 0 Å². The van der Waals surface area contributed by atoms with E-state index in [2.05, 4.69) is 28.1 Å². The molecular weight excluding hydrogens is 150 g/mol. The second-order valence-electron chi connectivity index (χ2n) is 3.33. The molecule has 1 saturated heterocycles. The fraction of sp³-hybridized carbons (Fsp3) is 0.667. The molecule has 2 heterocycles. The first kappa shape index (κ1) is 7.80. The third-order valence-electron chi connectivity index (χ3n) is 2.36. The van der Waals surface area contributed by atoms with Crippen LogP contribution >= 0.6 is 0 Å². The lowest BCUT2D eigenvalue weighted by molar-refractivity contribution is 0.310. The molecule has 0 spiro atoms. The van der Waals surface area contributed by atoms with Gasteiger partial charge in [0.05, 0.1) is 6.04 Å². The highest BCUT2D eigenvalue weighted by Crippen LogP contribution is 2.14. The third-order valence-corrected chi connectivity index (χ3v) is 2.36. The molecule has 1 aromatic heterocycles. The van der Waals surface area contributed by atoms with Gasteiger partial charge in [0.2, 0.25) is 0 Å². The van der Waals surface area contributed by atoms with Crippen molar-refractivity contribution in [1.29, 1.82) is 0 Å². The zero-order valence-electron chi connectivity index (χ0n) is 7.45. The van der Waals surface area contributed by atoms with E-state index in [-0.39, 0.29) is 0 Å². The second kappa shape index (κ2) is 3.27. The van der Waals surface area contributed by atoms with Gasteiger partial charge in [-0.1, -0.05) is 13.3 Å². The Morgan fingerprint density at radius 3 is 3.08 bits per heavy atom. The van der Waals surface area contributed by atoms with E-state index in [1.54, 1.807) is 0 Å². The lowest BCUT2D eigenvalue weighted by atomic mass is 10.1. The van der Waals surface area contributed by atoms with Crippen molar-refractivity contribution >= 4 is 0 Å². The molecule has 0 bridgehead atoms. The fourth-order valence-corrected chi connectivity index (χ4v) is 1.57. The van der Waals surface area contributed by atoms with Gasteiger partial charge in [-0.2, -0.15) is 5.10 Å². The first-order valence-electron chi connectivity index (χ1n) is 4.65. The summed E-state index contributed by atoms with van der Waals surface area (Å²) in [6, 6.07) is 2.74. The van der Waals surface area contributed by atoms with Gasteiger partial charge < -0.3 is 5.32 Å². The van der Waals surface area contributed by atoms with E-state index >= 15 is 0 Å². The molecule has 66 valence electrons. The Bertz CT molecular complexity index is 250. The van der Waals surface area contributed by atoms with E-state index in [9.17, 15) is 0 Å². The summed E-state index contributed by atoms with van der Waals surface area (Å²) < 4.78 is 2.17. The molecule has 12 heavy (non-hydrogen) atoms. The molecule has 3 nitrogen and oxygen atoms in total. The summed E-state index contributed by atoms with van der Waals surface area (Å²) in [5.41, 5.74) is 1.38. The molecule has 1 aliphatic rings. The summed E-state index contributed by atoms with van der Waals surface area (Å²) in [6.07, 6.45) is 4.26. The minimum Gasteiger partial charge on any atom is -0.312 e. The maximum atomic E-state index is 4.33. The Hall–Kier alpha value is -0.830. The SMILES string of the molecule is CCCc1ccnn1C1CNC1. The quantitative estimate of drug-likeness (QED) is 0.723. The van der Waals surface area contributed by atoms with Gasteiger partial charge in [-0.05, 0) is 12.5 Å². The summed E-state index contributed by atoms with van der Waals surface area (Å²) in [7, 11) is 0. The van der Waals surface area contributed by atoms with Crippen LogP contribution in [-0.4, -0.2) is 22.9 Å². The molecule has 1 aromatic rings. The minimum atomic E-state index is 0.613.